The number of nitrogen functional groups attached to an aromatic ring is 1. The van der Waals surface area contributed by atoms with Gasteiger partial charge < -0.3 is 15.9 Å². The molecule has 17 heavy (non-hydrogen) atoms. The second-order valence-electron chi connectivity index (χ2n) is 3.48. The number of phenols is 1. The third-order valence-electron chi connectivity index (χ3n) is 2.32. The van der Waals surface area contributed by atoms with E-state index in [1.807, 2.05) is 0 Å². The summed E-state index contributed by atoms with van der Waals surface area (Å²) in [4.78, 5) is 14.5. The molecule has 0 fully saturated rings. The fraction of sp³-hybridized carbons (Fsp3) is 0. The molecule has 0 saturated heterocycles. The number of hydrogen-bond acceptors (Lipinski definition) is 4. The number of carbonyl (C=O) groups is 1. The van der Waals surface area contributed by atoms with E-state index in [0.29, 0.717) is 5.56 Å². The van der Waals surface area contributed by atoms with Crippen LogP contribution in [-0.4, -0.2) is 21.2 Å². The van der Waals surface area contributed by atoms with Gasteiger partial charge in [0.25, 0.3) is 0 Å². The molecule has 0 spiro atoms. The van der Waals surface area contributed by atoms with Crippen LogP contribution >= 0.6 is 0 Å². The molecular weight excluding hydrogens is 220 g/mol. The van der Waals surface area contributed by atoms with E-state index in [0.717, 1.165) is 5.56 Å². The van der Waals surface area contributed by atoms with Crippen molar-refractivity contribution in [1.82, 2.24) is 4.98 Å². The van der Waals surface area contributed by atoms with Gasteiger partial charge in [0.2, 0.25) is 0 Å². The minimum atomic E-state index is -1.12. The van der Waals surface area contributed by atoms with E-state index in [2.05, 4.69) is 4.98 Å². The van der Waals surface area contributed by atoms with Crippen LogP contribution < -0.4 is 5.73 Å². The molecule has 1 heterocycles. The summed E-state index contributed by atoms with van der Waals surface area (Å²) in [6.07, 6.45) is 0. The minimum Gasteiger partial charge on any atom is -0.508 e. The molecular formula is C12H10N2O3. The van der Waals surface area contributed by atoms with Crippen molar-refractivity contribution < 1.29 is 15.0 Å². The first-order valence-corrected chi connectivity index (χ1v) is 4.87. The molecule has 0 unspecified atom stereocenters. The second-order valence-corrected chi connectivity index (χ2v) is 3.48. The summed E-state index contributed by atoms with van der Waals surface area (Å²) < 4.78 is 0. The van der Waals surface area contributed by atoms with Crippen molar-refractivity contribution in [2.45, 2.75) is 0 Å². The monoisotopic (exact) mass is 230 g/mol. The van der Waals surface area contributed by atoms with E-state index < -0.39 is 5.97 Å². The second kappa shape index (κ2) is 4.13. The number of benzene rings is 1. The third-order valence-corrected chi connectivity index (χ3v) is 2.32. The lowest BCUT2D eigenvalue weighted by Gasteiger charge is -2.05. The van der Waals surface area contributed by atoms with Crippen LogP contribution in [0.5, 0.6) is 5.75 Å². The molecule has 0 aliphatic carbocycles. The van der Waals surface area contributed by atoms with Gasteiger partial charge in [0.05, 0.1) is 0 Å². The van der Waals surface area contributed by atoms with Crippen molar-refractivity contribution in [1.29, 1.82) is 0 Å². The van der Waals surface area contributed by atoms with E-state index in [1.54, 1.807) is 18.2 Å². The summed E-state index contributed by atoms with van der Waals surface area (Å²) in [5.74, 6) is -0.813. The maximum Gasteiger partial charge on any atom is 0.354 e. The molecule has 5 nitrogen and oxygen atoms in total. The van der Waals surface area contributed by atoms with Crippen LogP contribution in [0.3, 0.4) is 0 Å². The van der Waals surface area contributed by atoms with Gasteiger partial charge in [-0.15, -0.1) is 0 Å². The van der Waals surface area contributed by atoms with Crippen LogP contribution in [0.15, 0.2) is 36.4 Å². The number of carboxylic acids is 1. The largest absolute Gasteiger partial charge is 0.508 e. The number of nitrogens with zero attached hydrogens (tertiary/aromatic N) is 1. The van der Waals surface area contributed by atoms with E-state index in [1.165, 1.54) is 18.2 Å². The Morgan fingerprint density at radius 1 is 1.12 bits per heavy atom. The highest BCUT2D eigenvalue weighted by Gasteiger charge is 2.09. The van der Waals surface area contributed by atoms with Crippen LogP contribution in [-0.2, 0) is 0 Å². The standard InChI is InChI=1S/C12H10N2O3/c13-11-9(5-6-10(14-11)12(16)17)7-1-3-8(15)4-2-7/h1-6,15H,(H2,13,14)(H,16,17). The SMILES string of the molecule is Nc1nc(C(=O)O)ccc1-c1ccc(O)cc1. The number of aromatic carboxylic acids is 1. The van der Waals surface area contributed by atoms with Gasteiger partial charge in [-0.1, -0.05) is 12.1 Å². The molecule has 4 N–H and O–H groups in total. The fourth-order valence-electron chi connectivity index (χ4n) is 1.48. The number of carboxylic acid groups (broad SMARTS) is 1. The van der Waals surface area contributed by atoms with Gasteiger partial charge in [-0.25, -0.2) is 9.78 Å². The number of pyridine rings is 1. The van der Waals surface area contributed by atoms with E-state index in [4.69, 9.17) is 15.9 Å². The van der Waals surface area contributed by atoms with Crippen LogP contribution in [0.2, 0.25) is 0 Å². The Kier molecular flexibility index (Phi) is 2.66. The normalized spacial score (nSPS) is 10.1. The average Bonchev–Trinajstić information content (AvgIpc) is 2.30. The molecule has 0 aliphatic heterocycles. The maximum absolute atomic E-state index is 10.7. The van der Waals surface area contributed by atoms with Crippen LogP contribution in [0.25, 0.3) is 11.1 Å². The molecule has 1 aromatic heterocycles. The first-order valence-electron chi connectivity index (χ1n) is 4.87. The number of phenolic OH excluding ortho intramolecular Hbond substituents is 1. The summed E-state index contributed by atoms with van der Waals surface area (Å²) in [6, 6.07) is 9.41. The molecule has 0 amide bonds. The lowest BCUT2D eigenvalue weighted by atomic mass is 10.1. The zero-order valence-corrected chi connectivity index (χ0v) is 8.79. The Morgan fingerprint density at radius 3 is 2.29 bits per heavy atom. The quantitative estimate of drug-likeness (QED) is 0.730. The van der Waals surface area contributed by atoms with Crippen molar-refractivity contribution in [3.63, 3.8) is 0 Å². The van der Waals surface area contributed by atoms with Gasteiger partial charge in [-0.05, 0) is 29.8 Å². The van der Waals surface area contributed by atoms with E-state index in [9.17, 15) is 4.79 Å². The molecule has 86 valence electrons. The lowest BCUT2D eigenvalue weighted by Crippen LogP contribution is -2.03. The number of aromatic nitrogens is 1. The lowest BCUT2D eigenvalue weighted by molar-refractivity contribution is 0.0690. The van der Waals surface area contributed by atoms with E-state index in [-0.39, 0.29) is 17.3 Å². The highest BCUT2D eigenvalue weighted by Crippen LogP contribution is 2.26. The van der Waals surface area contributed by atoms with Gasteiger partial charge in [-0.3, -0.25) is 0 Å². The molecule has 2 rings (SSSR count). The maximum atomic E-state index is 10.7. The van der Waals surface area contributed by atoms with Crippen molar-refractivity contribution >= 4 is 11.8 Å². The summed E-state index contributed by atoms with van der Waals surface area (Å²) in [5.41, 5.74) is 7.00. The molecule has 0 atom stereocenters. The predicted octanol–water partition coefficient (Wildman–Crippen LogP) is 1.73. The predicted molar refractivity (Wildman–Crippen MR) is 62.7 cm³/mol. The summed E-state index contributed by atoms with van der Waals surface area (Å²) in [5, 5.41) is 17.9. The number of hydrogen-bond donors (Lipinski definition) is 3. The van der Waals surface area contributed by atoms with Crippen molar-refractivity contribution in [2.75, 3.05) is 5.73 Å². The van der Waals surface area contributed by atoms with Gasteiger partial charge in [0, 0.05) is 5.56 Å². The summed E-state index contributed by atoms with van der Waals surface area (Å²) in [6.45, 7) is 0. The van der Waals surface area contributed by atoms with Gasteiger partial charge >= 0.3 is 5.97 Å². The molecule has 0 aliphatic rings. The average molecular weight is 230 g/mol. The van der Waals surface area contributed by atoms with Crippen molar-refractivity contribution in [3.05, 3.63) is 42.1 Å². The zero-order chi connectivity index (χ0) is 12.4. The molecule has 5 heteroatoms. The fourth-order valence-corrected chi connectivity index (χ4v) is 1.48. The summed E-state index contributed by atoms with van der Waals surface area (Å²) >= 11 is 0. The molecule has 0 bridgehead atoms. The smallest absolute Gasteiger partial charge is 0.354 e. The summed E-state index contributed by atoms with van der Waals surface area (Å²) in [7, 11) is 0. The zero-order valence-electron chi connectivity index (χ0n) is 8.79. The van der Waals surface area contributed by atoms with Crippen LogP contribution in [0.1, 0.15) is 10.5 Å². The van der Waals surface area contributed by atoms with Gasteiger partial charge in [0.15, 0.2) is 5.69 Å². The number of rotatable bonds is 2. The first-order chi connectivity index (χ1) is 8.08. The Hall–Kier alpha value is -2.56. The highest BCUT2D eigenvalue weighted by atomic mass is 16.4. The molecule has 0 radical (unpaired) electrons. The van der Waals surface area contributed by atoms with Crippen LogP contribution in [0.4, 0.5) is 5.82 Å². The van der Waals surface area contributed by atoms with Gasteiger partial charge in [-0.2, -0.15) is 0 Å². The third kappa shape index (κ3) is 2.17. The first kappa shape index (κ1) is 10.9. The molecule has 1 aromatic carbocycles. The van der Waals surface area contributed by atoms with Crippen molar-refractivity contribution in [3.8, 4) is 16.9 Å². The Labute approximate surface area is 97.2 Å². The number of anilines is 1. The van der Waals surface area contributed by atoms with Crippen LogP contribution in [0, 0.1) is 0 Å². The Morgan fingerprint density at radius 2 is 1.76 bits per heavy atom. The number of nitrogens with two attached hydrogens (primary N) is 1. The molecule has 0 saturated carbocycles. The Balaban J connectivity index is 2.46. The van der Waals surface area contributed by atoms with Crippen molar-refractivity contribution in [2.24, 2.45) is 0 Å². The number of aromatic hydroxyl groups is 1. The highest BCUT2D eigenvalue weighted by molar-refractivity contribution is 5.87. The molecule has 2 aromatic rings. The van der Waals surface area contributed by atoms with E-state index >= 15 is 0 Å². The Bertz CT molecular complexity index is 564. The van der Waals surface area contributed by atoms with Gasteiger partial charge in [0.1, 0.15) is 11.6 Å². The minimum absolute atomic E-state index is 0.0926. The topological polar surface area (TPSA) is 96.4 Å².